The number of hydrogen-bond acceptors (Lipinski definition) is 6. The lowest BCUT2D eigenvalue weighted by atomic mass is 10.1. The number of carboxylic acids is 1. The van der Waals surface area contributed by atoms with Gasteiger partial charge in [-0.15, -0.1) is 0 Å². The van der Waals surface area contributed by atoms with E-state index in [1.165, 1.54) is 38.5 Å². The third-order valence-electron chi connectivity index (χ3n) is 7.95. The van der Waals surface area contributed by atoms with Crippen LogP contribution in [0.3, 0.4) is 0 Å². The Balaban J connectivity index is 4.57. The summed E-state index contributed by atoms with van der Waals surface area (Å²) in [6.07, 6.45) is 37.1. The number of carbonyl (C=O) groups excluding carboxylic acids is 2. The lowest BCUT2D eigenvalue weighted by molar-refractivity contribution is -0.887. The molecule has 8 heteroatoms. The predicted octanol–water partition coefficient (Wildman–Crippen LogP) is 9.46. The van der Waals surface area contributed by atoms with E-state index in [0.29, 0.717) is 19.3 Å². The maximum atomic E-state index is 12.6. The molecule has 2 atom stereocenters. The van der Waals surface area contributed by atoms with Crippen molar-refractivity contribution >= 4 is 17.9 Å². The predicted molar refractivity (Wildman–Crippen MR) is 201 cm³/mol. The maximum absolute atomic E-state index is 12.6. The highest BCUT2D eigenvalue weighted by Gasteiger charge is 2.31. The van der Waals surface area contributed by atoms with Gasteiger partial charge < -0.3 is 23.8 Å². The highest BCUT2D eigenvalue weighted by Crippen LogP contribution is 2.12. The van der Waals surface area contributed by atoms with Gasteiger partial charge in [-0.05, 0) is 44.9 Å². The van der Waals surface area contributed by atoms with Crippen LogP contribution >= 0.6 is 0 Å². The molecule has 0 amide bonds. The average molecular weight is 689 g/mol. The first kappa shape index (κ1) is 46.0. The summed E-state index contributed by atoms with van der Waals surface area (Å²) >= 11 is 0. The van der Waals surface area contributed by atoms with Crippen molar-refractivity contribution in [1.29, 1.82) is 0 Å². The Bertz CT molecular complexity index is 990. The highest BCUT2D eigenvalue weighted by molar-refractivity contribution is 5.72. The second-order valence-corrected chi connectivity index (χ2v) is 13.5. The normalized spacial score (nSPS) is 13.7. The summed E-state index contributed by atoms with van der Waals surface area (Å²) in [6.45, 7) is 4.49. The van der Waals surface area contributed by atoms with Crippen molar-refractivity contribution in [2.24, 2.45) is 0 Å². The molecule has 0 aliphatic heterocycles. The molecule has 0 aliphatic rings. The van der Waals surface area contributed by atoms with Crippen LogP contribution in [0.4, 0.5) is 0 Å². The summed E-state index contributed by atoms with van der Waals surface area (Å²) in [6, 6.07) is -0.626. The largest absolute Gasteiger partial charge is 0.477 e. The van der Waals surface area contributed by atoms with Crippen LogP contribution in [0.15, 0.2) is 60.8 Å². The molecule has 0 bridgehead atoms. The SMILES string of the molecule is CC/C=C/C/C=C/C/C=C/C/C=C/C/C=C/CCC(=O)OC(COCCC(C(=O)O)[N+](C)(C)C)COC(=O)CCCCCCCCCCC. The van der Waals surface area contributed by atoms with Crippen molar-refractivity contribution in [2.45, 2.75) is 142 Å². The summed E-state index contributed by atoms with van der Waals surface area (Å²) in [5.41, 5.74) is 0. The fourth-order valence-electron chi connectivity index (χ4n) is 5.02. The van der Waals surface area contributed by atoms with Crippen molar-refractivity contribution in [3.63, 3.8) is 0 Å². The second kappa shape index (κ2) is 32.2. The summed E-state index contributed by atoms with van der Waals surface area (Å²) < 4.78 is 17.1. The number of likely N-dealkylation sites (N-methyl/N-ethyl adjacent to an activating group) is 1. The summed E-state index contributed by atoms with van der Waals surface area (Å²) in [7, 11) is 5.48. The lowest BCUT2D eigenvalue weighted by Gasteiger charge is -2.31. The minimum absolute atomic E-state index is 0.0300. The average Bonchev–Trinajstić information content (AvgIpc) is 3.05. The highest BCUT2D eigenvalue weighted by atomic mass is 16.6. The molecule has 8 nitrogen and oxygen atoms in total. The van der Waals surface area contributed by atoms with Gasteiger partial charge in [-0.3, -0.25) is 9.59 Å². The lowest BCUT2D eigenvalue weighted by Crippen LogP contribution is -2.50. The van der Waals surface area contributed by atoms with E-state index in [0.717, 1.165) is 51.4 Å². The van der Waals surface area contributed by atoms with Crippen molar-refractivity contribution in [2.75, 3.05) is 41.0 Å². The van der Waals surface area contributed by atoms with E-state index >= 15 is 0 Å². The van der Waals surface area contributed by atoms with Crippen molar-refractivity contribution < 1.29 is 38.2 Å². The molecule has 0 radical (unpaired) electrons. The zero-order chi connectivity index (χ0) is 36.4. The number of aliphatic carboxylic acids is 1. The number of rotatable bonds is 32. The standard InChI is InChI=1S/C41H69NO7/c1-6-8-10-12-14-16-17-18-19-20-21-22-24-26-28-30-32-40(44)49-37(35-47-34-33-38(41(45)46)42(3,4)5)36-48-39(43)31-29-27-25-23-15-13-11-9-7-2/h8,10,14,16,18-19,21-22,26,28,37-38H,6-7,9,11-13,15,17,20,23-25,27,29-36H2,1-5H3/p+1/b10-8+,16-14+,19-18+,22-21+,28-26+. The molecular weight excluding hydrogens is 618 g/mol. The van der Waals surface area contributed by atoms with Gasteiger partial charge in [0.25, 0.3) is 0 Å². The molecule has 1 N–H and O–H groups in total. The van der Waals surface area contributed by atoms with Crippen LogP contribution < -0.4 is 0 Å². The fraction of sp³-hybridized carbons (Fsp3) is 0.683. The van der Waals surface area contributed by atoms with Gasteiger partial charge in [-0.2, -0.15) is 0 Å². The Kier molecular flexibility index (Phi) is 30.3. The molecule has 0 saturated carbocycles. The molecule has 0 spiro atoms. The molecule has 280 valence electrons. The van der Waals surface area contributed by atoms with Crippen LogP contribution in [0, 0.1) is 0 Å². The van der Waals surface area contributed by atoms with Crippen molar-refractivity contribution in [3.05, 3.63) is 60.8 Å². The van der Waals surface area contributed by atoms with Gasteiger partial charge in [0, 0.05) is 19.3 Å². The molecular formula is C41H70NO7+. The number of unbranched alkanes of at least 4 members (excludes halogenated alkanes) is 8. The van der Waals surface area contributed by atoms with Crippen LogP contribution in [-0.4, -0.2) is 80.6 Å². The van der Waals surface area contributed by atoms with Crippen LogP contribution in [0.2, 0.25) is 0 Å². The number of carbonyl (C=O) groups is 3. The zero-order valence-corrected chi connectivity index (χ0v) is 31.6. The number of allylic oxidation sites excluding steroid dienone is 10. The minimum atomic E-state index is -0.889. The number of hydrogen-bond donors (Lipinski definition) is 1. The van der Waals surface area contributed by atoms with Crippen molar-refractivity contribution in [3.8, 4) is 0 Å². The van der Waals surface area contributed by atoms with Gasteiger partial charge in [-0.25, -0.2) is 4.79 Å². The topological polar surface area (TPSA) is 99.1 Å². The summed E-state index contributed by atoms with van der Waals surface area (Å²) in [4.78, 5) is 36.7. The van der Waals surface area contributed by atoms with Gasteiger partial charge in [0.15, 0.2) is 12.1 Å². The van der Waals surface area contributed by atoms with Crippen LogP contribution in [0.5, 0.6) is 0 Å². The van der Waals surface area contributed by atoms with E-state index in [9.17, 15) is 19.5 Å². The van der Waals surface area contributed by atoms with E-state index in [1.54, 1.807) is 0 Å². The molecule has 49 heavy (non-hydrogen) atoms. The third-order valence-corrected chi connectivity index (χ3v) is 7.95. The van der Waals surface area contributed by atoms with Gasteiger partial charge in [0.05, 0.1) is 34.4 Å². The molecule has 0 aromatic carbocycles. The van der Waals surface area contributed by atoms with E-state index in [2.05, 4.69) is 62.5 Å². The Morgan fingerprint density at radius 3 is 1.65 bits per heavy atom. The second-order valence-electron chi connectivity index (χ2n) is 13.5. The van der Waals surface area contributed by atoms with E-state index in [1.807, 2.05) is 33.3 Å². The molecule has 0 aliphatic carbocycles. The van der Waals surface area contributed by atoms with Crippen molar-refractivity contribution in [1.82, 2.24) is 0 Å². The maximum Gasteiger partial charge on any atom is 0.362 e. The Morgan fingerprint density at radius 1 is 0.633 bits per heavy atom. The molecule has 0 aromatic rings. The first-order valence-electron chi connectivity index (χ1n) is 18.8. The number of esters is 2. The smallest absolute Gasteiger partial charge is 0.362 e. The van der Waals surface area contributed by atoms with E-state index < -0.39 is 18.1 Å². The van der Waals surface area contributed by atoms with Crippen LogP contribution in [0.25, 0.3) is 0 Å². The molecule has 0 fully saturated rings. The van der Waals surface area contributed by atoms with E-state index in [4.69, 9.17) is 14.2 Å². The quantitative estimate of drug-likeness (QED) is 0.0325. The summed E-state index contributed by atoms with van der Waals surface area (Å²) in [5, 5.41) is 9.57. The molecule has 0 aromatic heterocycles. The van der Waals surface area contributed by atoms with Crippen LogP contribution in [0.1, 0.15) is 129 Å². The fourth-order valence-corrected chi connectivity index (χ4v) is 5.02. The number of nitrogens with zero attached hydrogens (tertiary/aromatic N) is 1. The molecule has 0 saturated heterocycles. The third kappa shape index (κ3) is 30.8. The zero-order valence-electron chi connectivity index (χ0n) is 31.6. The van der Waals surface area contributed by atoms with Crippen LogP contribution in [-0.2, 0) is 28.6 Å². The first-order valence-corrected chi connectivity index (χ1v) is 18.8. The van der Waals surface area contributed by atoms with Gasteiger partial charge in [-0.1, -0.05) is 126 Å². The number of quaternary nitrogens is 1. The first-order chi connectivity index (χ1) is 23.6. The minimum Gasteiger partial charge on any atom is -0.477 e. The number of ether oxygens (including phenoxy) is 3. The van der Waals surface area contributed by atoms with Gasteiger partial charge in [0.1, 0.15) is 6.61 Å². The number of carboxylic acid groups (broad SMARTS) is 1. The summed E-state index contributed by atoms with van der Waals surface area (Å²) in [5.74, 6) is -1.59. The molecule has 2 unspecified atom stereocenters. The Hall–Kier alpha value is -2.97. The van der Waals surface area contributed by atoms with E-state index in [-0.39, 0.29) is 42.7 Å². The molecule has 0 heterocycles. The monoisotopic (exact) mass is 689 g/mol. The van der Waals surface area contributed by atoms with Gasteiger partial charge in [0.2, 0.25) is 0 Å². The Morgan fingerprint density at radius 2 is 1.14 bits per heavy atom. The molecule has 0 rings (SSSR count). The van der Waals surface area contributed by atoms with Gasteiger partial charge >= 0.3 is 17.9 Å². The Labute approximate surface area is 298 Å².